The van der Waals surface area contributed by atoms with Gasteiger partial charge in [-0.1, -0.05) is 42.2 Å². The quantitative estimate of drug-likeness (QED) is 0.296. The summed E-state index contributed by atoms with van der Waals surface area (Å²) in [6.07, 6.45) is 3.23. The number of nitrogens with one attached hydrogen (secondary N) is 2. The van der Waals surface area contributed by atoms with Crippen LogP contribution in [0.5, 0.6) is 5.75 Å². The number of ether oxygens (including phenoxy) is 1. The molecule has 2 heterocycles. The molecule has 1 fully saturated rings. The molecule has 4 rings (SSSR count). The first kappa shape index (κ1) is 25.8. The minimum Gasteiger partial charge on any atom is -0.496 e. The Hall–Kier alpha value is -3.26. The van der Waals surface area contributed by atoms with Crippen molar-refractivity contribution in [3.63, 3.8) is 0 Å². The number of thioether (sulfide) groups is 1. The van der Waals surface area contributed by atoms with Gasteiger partial charge in [-0.25, -0.2) is 13.4 Å². The summed E-state index contributed by atoms with van der Waals surface area (Å²) >= 11 is 7.68. The van der Waals surface area contributed by atoms with Gasteiger partial charge >= 0.3 is 0 Å². The van der Waals surface area contributed by atoms with E-state index in [-0.39, 0.29) is 34.8 Å². The van der Waals surface area contributed by atoms with Gasteiger partial charge in [-0.3, -0.25) is 19.2 Å². The highest BCUT2D eigenvalue weighted by atomic mass is 32.2. The van der Waals surface area contributed by atoms with Crippen molar-refractivity contribution in [1.29, 1.82) is 0 Å². The van der Waals surface area contributed by atoms with E-state index in [9.17, 15) is 18.0 Å². The number of nitrogens with zero attached hydrogens (tertiary/aromatic N) is 2. The van der Waals surface area contributed by atoms with Crippen molar-refractivity contribution < 1.29 is 22.7 Å². The fourth-order valence-corrected chi connectivity index (χ4v) is 6.31. The second-order valence-electron chi connectivity index (χ2n) is 7.34. The van der Waals surface area contributed by atoms with Crippen molar-refractivity contribution in [2.24, 2.45) is 0 Å². The van der Waals surface area contributed by atoms with Gasteiger partial charge in [0.25, 0.3) is 15.9 Å². The summed E-state index contributed by atoms with van der Waals surface area (Å²) in [5, 5.41) is 4.63. The van der Waals surface area contributed by atoms with Crippen molar-refractivity contribution >= 4 is 78.4 Å². The van der Waals surface area contributed by atoms with Crippen LogP contribution >= 0.6 is 35.3 Å². The van der Waals surface area contributed by atoms with E-state index in [2.05, 4.69) is 15.0 Å². The molecule has 186 valence electrons. The second-order valence-corrected chi connectivity index (χ2v) is 11.6. The summed E-state index contributed by atoms with van der Waals surface area (Å²) in [7, 11) is -2.23. The van der Waals surface area contributed by atoms with Crippen molar-refractivity contribution in [2.45, 2.75) is 11.3 Å². The van der Waals surface area contributed by atoms with Crippen LogP contribution in [-0.2, 0) is 19.6 Å². The van der Waals surface area contributed by atoms with Crippen LogP contribution in [0, 0.1) is 0 Å². The van der Waals surface area contributed by atoms with E-state index in [0.29, 0.717) is 20.7 Å². The third kappa shape index (κ3) is 6.10. The molecular formula is C23H20N4O5S4. The molecule has 3 aromatic rings. The maximum absolute atomic E-state index is 12.8. The minimum absolute atomic E-state index is 0.0139. The molecule has 0 atom stereocenters. The number of para-hydroxylation sites is 1. The molecule has 2 amide bonds. The average molecular weight is 561 g/mol. The number of rotatable bonds is 9. The summed E-state index contributed by atoms with van der Waals surface area (Å²) < 4.78 is 32.9. The molecule has 0 radical (unpaired) electrons. The number of sulfonamides is 1. The van der Waals surface area contributed by atoms with Crippen molar-refractivity contribution in [1.82, 2.24) is 9.88 Å². The number of thiocarbonyl (C=S) groups is 1. The first-order valence-corrected chi connectivity index (χ1v) is 14.1. The number of carbonyl (C=O) groups excluding carboxylic acids is 2. The lowest BCUT2D eigenvalue weighted by molar-refractivity contribution is -0.122. The van der Waals surface area contributed by atoms with Crippen LogP contribution in [0.1, 0.15) is 12.0 Å². The molecular weight excluding hydrogens is 541 g/mol. The molecule has 0 aliphatic carbocycles. The number of anilines is 2. The Morgan fingerprint density at radius 1 is 1.19 bits per heavy atom. The number of thiazole rings is 1. The molecule has 0 saturated carbocycles. The van der Waals surface area contributed by atoms with Crippen LogP contribution in [0.15, 0.2) is 69.9 Å². The second kappa shape index (κ2) is 11.2. The maximum Gasteiger partial charge on any atom is 0.266 e. The number of hydrogen-bond donors (Lipinski definition) is 2. The number of carbonyl (C=O) groups is 2. The molecule has 1 saturated heterocycles. The van der Waals surface area contributed by atoms with E-state index in [1.165, 1.54) is 58.5 Å². The zero-order valence-corrected chi connectivity index (χ0v) is 22.1. The number of hydrogen-bond acceptors (Lipinski definition) is 9. The lowest BCUT2D eigenvalue weighted by Crippen LogP contribution is -2.31. The monoisotopic (exact) mass is 560 g/mol. The predicted molar refractivity (Wildman–Crippen MR) is 145 cm³/mol. The van der Waals surface area contributed by atoms with Gasteiger partial charge in [0.1, 0.15) is 10.1 Å². The zero-order valence-electron chi connectivity index (χ0n) is 18.8. The number of methoxy groups -OCH3 is 1. The molecule has 1 aromatic heterocycles. The molecule has 0 unspecified atom stereocenters. The van der Waals surface area contributed by atoms with Crippen LogP contribution < -0.4 is 14.8 Å². The van der Waals surface area contributed by atoms with Gasteiger partial charge in [0.05, 0.1) is 16.9 Å². The molecule has 1 aliphatic heterocycles. The highest BCUT2D eigenvalue weighted by Gasteiger charge is 2.32. The molecule has 9 nitrogen and oxygen atoms in total. The lowest BCUT2D eigenvalue weighted by atomic mass is 10.2. The lowest BCUT2D eigenvalue weighted by Gasteiger charge is -2.14. The molecule has 13 heteroatoms. The van der Waals surface area contributed by atoms with Crippen molar-refractivity contribution in [3.05, 3.63) is 70.6 Å². The van der Waals surface area contributed by atoms with Gasteiger partial charge < -0.3 is 10.1 Å². The fourth-order valence-electron chi connectivity index (χ4n) is 3.22. The Balaban J connectivity index is 1.34. The Labute approximate surface area is 221 Å². The molecule has 0 bridgehead atoms. The largest absolute Gasteiger partial charge is 0.496 e. The Morgan fingerprint density at radius 3 is 2.64 bits per heavy atom. The minimum atomic E-state index is -3.78. The fraction of sp³-hybridized carbons (Fsp3) is 0.130. The Kier molecular flexibility index (Phi) is 8.04. The average Bonchev–Trinajstić information content (AvgIpc) is 3.45. The van der Waals surface area contributed by atoms with Gasteiger partial charge in [0, 0.05) is 35.8 Å². The summed E-state index contributed by atoms with van der Waals surface area (Å²) in [6, 6.07) is 13.1. The first-order valence-electron chi connectivity index (χ1n) is 10.5. The summed E-state index contributed by atoms with van der Waals surface area (Å²) in [6.45, 7) is 0.115. The predicted octanol–water partition coefficient (Wildman–Crippen LogP) is 4.18. The van der Waals surface area contributed by atoms with Crippen molar-refractivity contribution in [2.75, 3.05) is 23.7 Å². The summed E-state index contributed by atoms with van der Waals surface area (Å²) in [4.78, 5) is 31.1. The van der Waals surface area contributed by atoms with Gasteiger partial charge in [-0.05, 0) is 36.4 Å². The highest BCUT2D eigenvalue weighted by Crippen LogP contribution is 2.34. The van der Waals surface area contributed by atoms with Gasteiger partial charge in [0.15, 0.2) is 5.13 Å². The zero-order chi connectivity index (χ0) is 25.7. The van der Waals surface area contributed by atoms with Gasteiger partial charge in [-0.2, -0.15) is 0 Å². The van der Waals surface area contributed by atoms with Crippen LogP contribution in [-0.4, -0.2) is 48.1 Å². The third-order valence-electron chi connectivity index (χ3n) is 4.96. The molecule has 0 spiro atoms. The Bertz CT molecular complexity index is 1420. The normalized spacial score (nSPS) is 14.8. The maximum atomic E-state index is 12.8. The highest BCUT2D eigenvalue weighted by molar-refractivity contribution is 8.26. The van der Waals surface area contributed by atoms with Crippen LogP contribution in [0.2, 0.25) is 0 Å². The summed E-state index contributed by atoms with van der Waals surface area (Å²) in [5.74, 6) is 0.0280. The SMILES string of the molecule is COc1ccccc1C=C1SC(=S)N(CCC(=O)Nc2ccc(S(=O)(=O)Nc3nccs3)cc2)C1=O. The van der Waals surface area contributed by atoms with Gasteiger partial charge in [-0.15, -0.1) is 11.3 Å². The number of amides is 2. The van der Waals surface area contributed by atoms with E-state index >= 15 is 0 Å². The molecule has 36 heavy (non-hydrogen) atoms. The van der Waals surface area contributed by atoms with E-state index in [4.69, 9.17) is 17.0 Å². The van der Waals surface area contributed by atoms with E-state index in [1.807, 2.05) is 18.2 Å². The molecule has 1 aliphatic rings. The third-order valence-corrected chi connectivity index (χ3v) is 8.51. The summed E-state index contributed by atoms with van der Waals surface area (Å²) in [5.41, 5.74) is 1.18. The van der Waals surface area contributed by atoms with Crippen LogP contribution in [0.25, 0.3) is 6.08 Å². The van der Waals surface area contributed by atoms with Crippen LogP contribution in [0.3, 0.4) is 0 Å². The number of aromatic nitrogens is 1. The Morgan fingerprint density at radius 2 is 1.94 bits per heavy atom. The first-order chi connectivity index (χ1) is 17.3. The topological polar surface area (TPSA) is 118 Å². The molecule has 2 aromatic carbocycles. The van der Waals surface area contributed by atoms with E-state index in [1.54, 1.807) is 24.6 Å². The van der Waals surface area contributed by atoms with E-state index in [0.717, 1.165) is 5.56 Å². The van der Waals surface area contributed by atoms with Crippen molar-refractivity contribution in [3.8, 4) is 5.75 Å². The van der Waals surface area contributed by atoms with E-state index < -0.39 is 10.0 Å². The van der Waals surface area contributed by atoms with Crippen LogP contribution in [0.4, 0.5) is 10.8 Å². The molecule has 2 N–H and O–H groups in total. The number of benzene rings is 2. The smallest absolute Gasteiger partial charge is 0.266 e. The standard InChI is InChI=1S/C23H20N4O5S4/c1-32-18-5-3-2-4-15(18)14-19-21(29)27(23(33)35-19)12-10-20(28)25-16-6-8-17(9-7-16)36(30,31)26-22-24-11-13-34-22/h2-9,11,13-14H,10,12H2,1H3,(H,24,26)(H,25,28). The van der Waals surface area contributed by atoms with Gasteiger partial charge in [0.2, 0.25) is 5.91 Å².